The van der Waals surface area contributed by atoms with E-state index >= 15 is 0 Å². The van der Waals surface area contributed by atoms with Gasteiger partial charge in [0.25, 0.3) is 0 Å². The van der Waals surface area contributed by atoms with Crippen molar-refractivity contribution in [1.82, 2.24) is 15.2 Å². The molecule has 0 saturated carbocycles. The van der Waals surface area contributed by atoms with Gasteiger partial charge in [-0.3, -0.25) is 20.0 Å². The Hall–Kier alpha value is -3.01. The molecule has 4 N–H and O–H groups in total. The smallest absolute Gasteiger partial charge is 0.167 e. The van der Waals surface area contributed by atoms with Gasteiger partial charge in [-0.05, 0) is 46.0 Å². The number of pyridine rings is 1. The van der Waals surface area contributed by atoms with Crippen LogP contribution in [0.3, 0.4) is 0 Å². The van der Waals surface area contributed by atoms with Crippen LogP contribution in [0, 0.1) is 5.82 Å². The van der Waals surface area contributed by atoms with Crippen molar-refractivity contribution < 1.29 is 19.0 Å². The zero-order valence-corrected chi connectivity index (χ0v) is 19.6. The van der Waals surface area contributed by atoms with E-state index in [1.54, 1.807) is 12.1 Å². The van der Waals surface area contributed by atoms with Crippen LogP contribution < -0.4 is 11.1 Å². The summed E-state index contributed by atoms with van der Waals surface area (Å²) in [5.74, 6) is -0.691. The number of morpholine rings is 1. The van der Waals surface area contributed by atoms with E-state index in [0.29, 0.717) is 24.2 Å². The highest BCUT2D eigenvalue weighted by Gasteiger charge is 2.16. The standard InChI is InChI=1S/C27H31FN4O3/c28-25-18-30-7-6-20(25)16-26(33)21-4-5-23(17-29)24(15-21)19-2-1-3-22(14-19)27(34)31-8-9-32-10-12-35-13-11-32/h1-7,14-15,18,27,31,34H,8-13,16-17,29H2. The fourth-order valence-corrected chi connectivity index (χ4v) is 4.20. The lowest BCUT2D eigenvalue weighted by molar-refractivity contribution is 0.0356. The summed E-state index contributed by atoms with van der Waals surface area (Å²) in [7, 11) is 0. The highest BCUT2D eigenvalue weighted by Crippen LogP contribution is 2.28. The van der Waals surface area contributed by atoms with E-state index in [1.807, 2.05) is 30.3 Å². The number of nitrogens with zero attached hydrogens (tertiary/aromatic N) is 2. The van der Waals surface area contributed by atoms with Gasteiger partial charge in [0.05, 0.1) is 19.4 Å². The maximum absolute atomic E-state index is 14.0. The molecule has 1 fully saturated rings. The van der Waals surface area contributed by atoms with Crippen LogP contribution in [0.15, 0.2) is 60.9 Å². The Bertz CT molecular complexity index is 1150. The number of ether oxygens (including phenoxy) is 1. The average molecular weight is 479 g/mol. The van der Waals surface area contributed by atoms with Crippen molar-refractivity contribution in [2.45, 2.75) is 19.2 Å². The number of carbonyl (C=O) groups excluding carboxylic acids is 1. The Morgan fingerprint density at radius 2 is 2.00 bits per heavy atom. The summed E-state index contributed by atoms with van der Waals surface area (Å²) >= 11 is 0. The fourth-order valence-electron chi connectivity index (χ4n) is 4.20. The van der Waals surface area contributed by atoms with Crippen molar-refractivity contribution >= 4 is 5.78 Å². The molecule has 1 atom stereocenters. The number of carbonyl (C=O) groups is 1. The molecule has 1 unspecified atom stereocenters. The first-order chi connectivity index (χ1) is 17.0. The van der Waals surface area contributed by atoms with Crippen LogP contribution in [-0.4, -0.2) is 60.2 Å². The highest BCUT2D eigenvalue weighted by atomic mass is 19.1. The van der Waals surface area contributed by atoms with E-state index in [1.165, 1.54) is 12.3 Å². The minimum Gasteiger partial charge on any atom is -0.379 e. The molecule has 184 valence electrons. The molecule has 0 aliphatic carbocycles. The van der Waals surface area contributed by atoms with Crippen molar-refractivity contribution in [3.8, 4) is 11.1 Å². The van der Waals surface area contributed by atoms with Gasteiger partial charge in [-0.25, -0.2) is 4.39 Å². The van der Waals surface area contributed by atoms with Gasteiger partial charge in [0, 0.05) is 50.9 Å². The van der Waals surface area contributed by atoms with Gasteiger partial charge in [0.1, 0.15) is 12.0 Å². The minimum absolute atomic E-state index is 0.0540. The van der Waals surface area contributed by atoms with E-state index in [0.717, 1.165) is 61.3 Å². The monoisotopic (exact) mass is 478 g/mol. The van der Waals surface area contributed by atoms with Crippen molar-refractivity contribution in [2.24, 2.45) is 5.73 Å². The molecular weight excluding hydrogens is 447 g/mol. The SMILES string of the molecule is NCc1ccc(C(=O)Cc2ccncc2F)cc1-c1cccc(C(O)NCCN2CCOCC2)c1. The summed E-state index contributed by atoms with van der Waals surface area (Å²) in [6, 6.07) is 14.4. The van der Waals surface area contributed by atoms with Crippen LogP contribution in [0.4, 0.5) is 4.39 Å². The van der Waals surface area contributed by atoms with Crippen LogP contribution in [0.1, 0.15) is 33.3 Å². The summed E-state index contributed by atoms with van der Waals surface area (Å²) < 4.78 is 19.3. The van der Waals surface area contributed by atoms with Crippen LogP contribution in [0.2, 0.25) is 0 Å². The Morgan fingerprint density at radius 3 is 2.77 bits per heavy atom. The van der Waals surface area contributed by atoms with Gasteiger partial charge in [-0.2, -0.15) is 0 Å². The zero-order chi connectivity index (χ0) is 24.6. The molecule has 4 rings (SSSR count). The predicted molar refractivity (Wildman–Crippen MR) is 132 cm³/mol. The predicted octanol–water partition coefficient (Wildman–Crippen LogP) is 2.68. The number of hydrogen-bond donors (Lipinski definition) is 3. The molecule has 35 heavy (non-hydrogen) atoms. The summed E-state index contributed by atoms with van der Waals surface area (Å²) in [6.07, 6.45) is 1.70. The Kier molecular flexibility index (Phi) is 8.68. The van der Waals surface area contributed by atoms with E-state index in [9.17, 15) is 14.3 Å². The first-order valence-electron chi connectivity index (χ1n) is 11.8. The first kappa shape index (κ1) is 25.1. The van der Waals surface area contributed by atoms with Gasteiger partial charge in [-0.1, -0.05) is 30.3 Å². The number of aliphatic hydroxyl groups excluding tert-OH is 1. The third-order valence-corrected chi connectivity index (χ3v) is 6.24. The number of rotatable bonds is 10. The summed E-state index contributed by atoms with van der Waals surface area (Å²) in [5, 5.41) is 13.9. The highest BCUT2D eigenvalue weighted by molar-refractivity contribution is 5.98. The van der Waals surface area contributed by atoms with Crippen LogP contribution in [0.25, 0.3) is 11.1 Å². The van der Waals surface area contributed by atoms with Gasteiger partial charge in [0.15, 0.2) is 5.78 Å². The molecule has 7 nitrogen and oxygen atoms in total. The Labute approximate surface area is 204 Å². The molecule has 8 heteroatoms. The molecule has 0 spiro atoms. The normalized spacial score (nSPS) is 15.2. The lowest BCUT2D eigenvalue weighted by Gasteiger charge is -2.27. The van der Waals surface area contributed by atoms with Crippen molar-refractivity contribution in [2.75, 3.05) is 39.4 Å². The minimum atomic E-state index is -0.822. The molecule has 2 aromatic carbocycles. The number of nitrogens with two attached hydrogens (primary N) is 1. The summed E-state index contributed by atoms with van der Waals surface area (Å²) in [4.78, 5) is 18.9. The fraction of sp³-hybridized carbons (Fsp3) is 0.333. The number of ketones is 1. The zero-order valence-electron chi connectivity index (χ0n) is 19.6. The first-order valence-corrected chi connectivity index (χ1v) is 11.8. The molecule has 3 aromatic rings. The lowest BCUT2D eigenvalue weighted by Crippen LogP contribution is -2.40. The van der Waals surface area contributed by atoms with Gasteiger partial charge < -0.3 is 15.6 Å². The molecule has 1 aliphatic heterocycles. The molecule has 0 amide bonds. The van der Waals surface area contributed by atoms with Crippen molar-refractivity contribution in [1.29, 1.82) is 0 Å². The quantitative estimate of drug-likeness (QED) is 0.304. The molecule has 0 radical (unpaired) electrons. The van der Waals surface area contributed by atoms with E-state index in [4.69, 9.17) is 10.5 Å². The average Bonchev–Trinajstić information content (AvgIpc) is 2.90. The molecule has 2 heterocycles. The molecule has 0 bridgehead atoms. The number of aromatic nitrogens is 1. The second-order valence-corrected chi connectivity index (χ2v) is 8.58. The van der Waals surface area contributed by atoms with Gasteiger partial charge in [-0.15, -0.1) is 0 Å². The van der Waals surface area contributed by atoms with E-state index in [2.05, 4.69) is 15.2 Å². The van der Waals surface area contributed by atoms with Gasteiger partial charge in [0.2, 0.25) is 0 Å². The Balaban J connectivity index is 1.49. The molecule has 1 saturated heterocycles. The van der Waals surface area contributed by atoms with Crippen LogP contribution in [-0.2, 0) is 17.7 Å². The third kappa shape index (κ3) is 6.56. The summed E-state index contributed by atoms with van der Waals surface area (Å²) in [6.45, 7) is 5.07. The van der Waals surface area contributed by atoms with E-state index < -0.39 is 12.0 Å². The second kappa shape index (κ2) is 12.1. The number of Topliss-reactive ketones (excluding diaryl/α,β-unsaturated/α-hetero) is 1. The maximum Gasteiger partial charge on any atom is 0.167 e. The number of nitrogens with one attached hydrogen (secondary N) is 1. The number of benzene rings is 2. The van der Waals surface area contributed by atoms with Gasteiger partial charge >= 0.3 is 0 Å². The van der Waals surface area contributed by atoms with Crippen LogP contribution in [0.5, 0.6) is 0 Å². The summed E-state index contributed by atoms with van der Waals surface area (Å²) in [5.41, 5.74) is 10.0. The molecule has 1 aliphatic rings. The van der Waals surface area contributed by atoms with Crippen molar-refractivity contribution in [3.63, 3.8) is 0 Å². The Morgan fingerprint density at radius 1 is 1.17 bits per heavy atom. The maximum atomic E-state index is 14.0. The largest absolute Gasteiger partial charge is 0.379 e. The number of aliphatic hydroxyl groups is 1. The lowest BCUT2D eigenvalue weighted by atomic mass is 9.93. The number of halogens is 1. The molecular formula is C27H31FN4O3. The van der Waals surface area contributed by atoms with Crippen molar-refractivity contribution in [3.05, 3.63) is 89.0 Å². The number of hydrogen-bond acceptors (Lipinski definition) is 7. The second-order valence-electron chi connectivity index (χ2n) is 8.58. The van der Waals surface area contributed by atoms with Crippen LogP contribution >= 0.6 is 0 Å². The van der Waals surface area contributed by atoms with E-state index in [-0.39, 0.29) is 12.2 Å². The topological polar surface area (TPSA) is 101 Å². The third-order valence-electron chi connectivity index (χ3n) is 6.24. The molecule has 1 aromatic heterocycles.